The number of aliphatic hydroxyl groups excluding tert-OH is 1. The van der Waals surface area contributed by atoms with Crippen molar-refractivity contribution < 1.29 is 9.84 Å². The highest BCUT2D eigenvalue weighted by Crippen LogP contribution is 2.15. The number of halogens is 1. The van der Waals surface area contributed by atoms with Gasteiger partial charge < -0.3 is 20.1 Å². The zero-order chi connectivity index (χ0) is 14.1. The van der Waals surface area contributed by atoms with Crippen LogP contribution in [0.3, 0.4) is 0 Å². The summed E-state index contributed by atoms with van der Waals surface area (Å²) in [6, 6.07) is 7.24. The van der Waals surface area contributed by atoms with Crippen molar-refractivity contribution in [1.29, 1.82) is 0 Å². The molecule has 0 saturated carbocycles. The number of rotatable bonds is 9. The number of likely N-dealkylation sites (N-methyl/N-ethyl adjacent to an activating group) is 1. The Labute approximate surface area is 120 Å². The molecule has 0 heterocycles. The number of hydrogen-bond donors (Lipinski definition) is 2. The van der Waals surface area contributed by atoms with Crippen LogP contribution >= 0.6 is 11.6 Å². The van der Waals surface area contributed by atoms with Crippen molar-refractivity contribution in [2.45, 2.75) is 6.10 Å². The van der Waals surface area contributed by atoms with E-state index >= 15 is 0 Å². The SMILES string of the molecule is CN(C)CCOCCNCC(O)c1ccc(Cl)cc1. The quantitative estimate of drug-likeness (QED) is 0.676. The molecule has 0 fully saturated rings. The molecule has 19 heavy (non-hydrogen) atoms. The largest absolute Gasteiger partial charge is 0.387 e. The predicted molar refractivity (Wildman–Crippen MR) is 78.7 cm³/mol. The molecule has 0 amide bonds. The lowest BCUT2D eigenvalue weighted by molar-refractivity contribution is 0.114. The molecule has 0 bridgehead atoms. The molecule has 108 valence electrons. The van der Waals surface area contributed by atoms with Gasteiger partial charge in [0.2, 0.25) is 0 Å². The van der Waals surface area contributed by atoms with Crippen LogP contribution in [0, 0.1) is 0 Å². The van der Waals surface area contributed by atoms with Crippen LogP contribution in [0.15, 0.2) is 24.3 Å². The number of hydrogen-bond acceptors (Lipinski definition) is 4. The number of nitrogens with one attached hydrogen (secondary N) is 1. The molecule has 0 aliphatic rings. The van der Waals surface area contributed by atoms with Gasteiger partial charge in [-0.3, -0.25) is 0 Å². The molecule has 1 atom stereocenters. The number of benzene rings is 1. The van der Waals surface area contributed by atoms with E-state index < -0.39 is 6.10 Å². The number of ether oxygens (including phenoxy) is 1. The third-order valence-electron chi connectivity index (χ3n) is 2.70. The van der Waals surface area contributed by atoms with E-state index in [2.05, 4.69) is 10.2 Å². The molecule has 0 aliphatic carbocycles. The van der Waals surface area contributed by atoms with Crippen LogP contribution in [0.5, 0.6) is 0 Å². The van der Waals surface area contributed by atoms with E-state index in [0.29, 0.717) is 18.2 Å². The Hall–Kier alpha value is -0.650. The van der Waals surface area contributed by atoms with Crippen LogP contribution in [-0.2, 0) is 4.74 Å². The second-order valence-corrected chi connectivity index (χ2v) is 5.12. The molecule has 5 heteroatoms. The average Bonchev–Trinajstić information content (AvgIpc) is 2.38. The summed E-state index contributed by atoms with van der Waals surface area (Å²) < 4.78 is 5.44. The Morgan fingerprint density at radius 2 is 1.95 bits per heavy atom. The Balaban J connectivity index is 2.07. The van der Waals surface area contributed by atoms with Crippen molar-refractivity contribution in [3.05, 3.63) is 34.9 Å². The van der Waals surface area contributed by atoms with Crippen molar-refractivity contribution in [3.8, 4) is 0 Å². The van der Waals surface area contributed by atoms with E-state index in [4.69, 9.17) is 16.3 Å². The summed E-state index contributed by atoms with van der Waals surface area (Å²) in [7, 11) is 4.04. The zero-order valence-corrected chi connectivity index (χ0v) is 12.4. The lowest BCUT2D eigenvalue weighted by atomic mass is 10.1. The third kappa shape index (κ3) is 7.50. The number of nitrogens with zero attached hydrogens (tertiary/aromatic N) is 1. The van der Waals surface area contributed by atoms with E-state index in [9.17, 15) is 5.11 Å². The van der Waals surface area contributed by atoms with Gasteiger partial charge in [0.25, 0.3) is 0 Å². The van der Waals surface area contributed by atoms with E-state index in [-0.39, 0.29) is 0 Å². The number of aliphatic hydroxyl groups is 1. The van der Waals surface area contributed by atoms with Crippen LogP contribution in [0.4, 0.5) is 0 Å². The molecule has 1 rings (SSSR count). The second-order valence-electron chi connectivity index (χ2n) is 4.69. The maximum Gasteiger partial charge on any atom is 0.0914 e. The molecule has 0 saturated heterocycles. The summed E-state index contributed by atoms with van der Waals surface area (Å²) in [6.45, 7) is 3.56. The van der Waals surface area contributed by atoms with Gasteiger partial charge in [-0.05, 0) is 31.8 Å². The van der Waals surface area contributed by atoms with Crippen LogP contribution in [0.2, 0.25) is 5.02 Å². The van der Waals surface area contributed by atoms with Gasteiger partial charge in [-0.25, -0.2) is 0 Å². The lowest BCUT2D eigenvalue weighted by Gasteiger charge is -2.13. The summed E-state index contributed by atoms with van der Waals surface area (Å²) in [5.41, 5.74) is 0.866. The van der Waals surface area contributed by atoms with Gasteiger partial charge in [0, 0.05) is 24.7 Å². The maximum atomic E-state index is 9.93. The first kappa shape index (κ1) is 16.4. The van der Waals surface area contributed by atoms with Crippen molar-refractivity contribution in [2.24, 2.45) is 0 Å². The zero-order valence-electron chi connectivity index (χ0n) is 11.6. The monoisotopic (exact) mass is 286 g/mol. The first-order valence-corrected chi connectivity index (χ1v) is 6.84. The highest BCUT2D eigenvalue weighted by atomic mass is 35.5. The minimum atomic E-state index is -0.515. The molecular weight excluding hydrogens is 264 g/mol. The van der Waals surface area contributed by atoms with Gasteiger partial charge >= 0.3 is 0 Å². The third-order valence-corrected chi connectivity index (χ3v) is 2.95. The van der Waals surface area contributed by atoms with E-state index in [1.54, 1.807) is 12.1 Å². The Morgan fingerprint density at radius 3 is 2.58 bits per heavy atom. The Morgan fingerprint density at radius 1 is 1.26 bits per heavy atom. The van der Waals surface area contributed by atoms with Gasteiger partial charge in [-0.1, -0.05) is 23.7 Å². The van der Waals surface area contributed by atoms with E-state index in [0.717, 1.165) is 25.3 Å². The fourth-order valence-corrected chi connectivity index (χ4v) is 1.66. The first-order valence-electron chi connectivity index (χ1n) is 6.46. The summed E-state index contributed by atoms with van der Waals surface area (Å²) in [6.07, 6.45) is -0.515. The van der Waals surface area contributed by atoms with Crippen LogP contribution < -0.4 is 5.32 Å². The van der Waals surface area contributed by atoms with E-state index in [1.165, 1.54) is 0 Å². The first-order chi connectivity index (χ1) is 9.09. The predicted octanol–water partition coefficient (Wildman–Crippen LogP) is 1.54. The van der Waals surface area contributed by atoms with Crippen LogP contribution in [-0.4, -0.2) is 56.9 Å². The van der Waals surface area contributed by atoms with Gasteiger partial charge in [-0.2, -0.15) is 0 Å². The summed E-state index contributed by atoms with van der Waals surface area (Å²) in [4.78, 5) is 2.08. The standard InChI is InChI=1S/C14H23ClN2O2/c1-17(2)8-10-19-9-7-16-11-14(18)12-3-5-13(15)6-4-12/h3-6,14,16,18H,7-11H2,1-2H3. The van der Waals surface area contributed by atoms with Gasteiger partial charge in [0.15, 0.2) is 0 Å². The summed E-state index contributed by atoms with van der Waals surface area (Å²) in [5.74, 6) is 0. The molecule has 1 unspecified atom stereocenters. The second kappa shape index (κ2) is 9.28. The van der Waals surface area contributed by atoms with Crippen molar-refractivity contribution in [2.75, 3.05) is 46.9 Å². The molecule has 0 aliphatic heterocycles. The highest BCUT2D eigenvalue weighted by molar-refractivity contribution is 6.30. The maximum absolute atomic E-state index is 9.93. The normalized spacial score (nSPS) is 12.9. The van der Waals surface area contributed by atoms with Crippen LogP contribution in [0.1, 0.15) is 11.7 Å². The Bertz CT molecular complexity index is 344. The lowest BCUT2D eigenvalue weighted by Crippen LogP contribution is -2.26. The Kier molecular flexibility index (Phi) is 8.02. The molecule has 0 aromatic heterocycles. The summed E-state index contributed by atoms with van der Waals surface area (Å²) >= 11 is 5.80. The van der Waals surface area contributed by atoms with Crippen molar-refractivity contribution in [1.82, 2.24) is 10.2 Å². The van der Waals surface area contributed by atoms with E-state index in [1.807, 2.05) is 26.2 Å². The van der Waals surface area contributed by atoms with Gasteiger partial charge in [-0.15, -0.1) is 0 Å². The topological polar surface area (TPSA) is 44.7 Å². The fraction of sp³-hybridized carbons (Fsp3) is 0.571. The molecule has 4 nitrogen and oxygen atoms in total. The average molecular weight is 287 g/mol. The molecule has 2 N–H and O–H groups in total. The smallest absolute Gasteiger partial charge is 0.0914 e. The molecular formula is C14H23ClN2O2. The van der Waals surface area contributed by atoms with Gasteiger partial charge in [0.1, 0.15) is 0 Å². The summed E-state index contributed by atoms with van der Waals surface area (Å²) in [5, 5.41) is 13.8. The molecule has 0 spiro atoms. The minimum absolute atomic E-state index is 0.513. The molecule has 1 aromatic carbocycles. The van der Waals surface area contributed by atoms with Gasteiger partial charge in [0.05, 0.1) is 19.3 Å². The van der Waals surface area contributed by atoms with Crippen molar-refractivity contribution in [3.63, 3.8) is 0 Å². The molecule has 0 radical (unpaired) electrons. The van der Waals surface area contributed by atoms with Crippen LogP contribution in [0.25, 0.3) is 0 Å². The highest BCUT2D eigenvalue weighted by Gasteiger charge is 2.06. The van der Waals surface area contributed by atoms with Crippen molar-refractivity contribution >= 4 is 11.6 Å². The molecule has 1 aromatic rings. The fourth-order valence-electron chi connectivity index (χ4n) is 1.54. The minimum Gasteiger partial charge on any atom is -0.387 e.